The van der Waals surface area contributed by atoms with Crippen molar-refractivity contribution in [3.8, 4) is 0 Å². The molecule has 0 aliphatic rings. The van der Waals surface area contributed by atoms with Crippen LogP contribution in [0.15, 0.2) is 36.8 Å². The van der Waals surface area contributed by atoms with Crippen LogP contribution < -0.4 is 5.32 Å². The lowest BCUT2D eigenvalue weighted by Gasteiger charge is -2.13. The number of nitrogens with zero attached hydrogens (tertiary/aromatic N) is 1. The normalized spacial score (nSPS) is 12.6. The number of benzene rings is 1. The third-order valence-electron chi connectivity index (χ3n) is 2.75. The first-order valence-corrected chi connectivity index (χ1v) is 5.72. The van der Waals surface area contributed by atoms with E-state index in [9.17, 15) is 4.39 Å². The van der Waals surface area contributed by atoms with E-state index in [0.29, 0.717) is 0 Å². The molecule has 0 spiro atoms. The molecule has 0 radical (unpaired) electrons. The van der Waals surface area contributed by atoms with Crippen molar-refractivity contribution < 1.29 is 4.39 Å². The summed E-state index contributed by atoms with van der Waals surface area (Å²) in [5.41, 5.74) is 2.07. The van der Waals surface area contributed by atoms with Gasteiger partial charge in [-0.15, -0.1) is 0 Å². The van der Waals surface area contributed by atoms with E-state index >= 15 is 0 Å². The molecule has 2 N–H and O–H groups in total. The van der Waals surface area contributed by atoms with Gasteiger partial charge in [0, 0.05) is 30.9 Å². The number of hydrogen-bond acceptors (Lipinski definition) is 2. The molecule has 90 valence electrons. The van der Waals surface area contributed by atoms with Crippen LogP contribution in [0.3, 0.4) is 0 Å². The second-order valence-corrected chi connectivity index (χ2v) is 4.06. The van der Waals surface area contributed by atoms with Gasteiger partial charge in [-0.25, -0.2) is 9.37 Å². The van der Waals surface area contributed by atoms with Gasteiger partial charge in [0.05, 0.1) is 6.33 Å². The van der Waals surface area contributed by atoms with Crippen molar-refractivity contribution in [3.63, 3.8) is 0 Å². The summed E-state index contributed by atoms with van der Waals surface area (Å²) in [5, 5.41) is 3.35. The largest absolute Gasteiger partial charge is 0.348 e. The van der Waals surface area contributed by atoms with E-state index in [4.69, 9.17) is 0 Å². The number of hydrogen-bond donors (Lipinski definition) is 2. The van der Waals surface area contributed by atoms with E-state index in [1.165, 1.54) is 6.07 Å². The first-order valence-electron chi connectivity index (χ1n) is 5.72. The summed E-state index contributed by atoms with van der Waals surface area (Å²) in [6, 6.07) is 6.83. The quantitative estimate of drug-likeness (QED) is 0.832. The number of aromatic amines is 1. The topological polar surface area (TPSA) is 40.7 Å². The molecular formula is C13H16FN3. The molecule has 1 aromatic heterocycles. The number of rotatable bonds is 5. The second-order valence-electron chi connectivity index (χ2n) is 4.06. The molecule has 0 amide bonds. The molecule has 1 aromatic carbocycles. The molecule has 2 aromatic rings. The van der Waals surface area contributed by atoms with E-state index < -0.39 is 0 Å². The van der Waals surface area contributed by atoms with E-state index in [0.717, 1.165) is 24.2 Å². The van der Waals surface area contributed by atoms with Crippen LogP contribution in [-0.4, -0.2) is 16.5 Å². The van der Waals surface area contributed by atoms with Crippen molar-refractivity contribution in [1.29, 1.82) is 0 Å². The Morgan fingerprint density at radius 2 is 2.35 bits per heavy atom. The molecule has 4 heteroatoms. The van der Waals surface area contributed by atoms with Gasteiger partial charge >= 0.3 is 0 Å². The van der Waals surface area contributed by atoms with Gasteiger partial charge in [-0.1, -0.05) is 12.1 Å². The fourth-order valence-electron chi connectivity index (χ4n) is 1.74. The van der Waals surface area contributed by atoms with E-state index in [-0.39, 0.29) is 11.9 Å². The Hall–Kier alpha value is -1.68. The molecule has 0 saturated carbocycles. The zero-order valence-corrected chi connectivity index (χ0v) is 9.78. The van der Waals surface area contributed by atoms with Crippen LogP contribution in [0.5, 0.6) is 0 Å². The van der Waals surface area contributed by atoms with Gasteiger partial charge in [0.25, 0.3) is 0 Å². The van der Waals surface area contributed by atoms with Crippen LogP contribution in [0.25, 0.3) is 0 Å². The second kappa shape index (κ2) is 5.59. The number of aromatic nitrogens is 2. The fraction of sp³-hybridized carbons (Fsp3) is 0.308. The van der Waals surface area contributed by atoms with Gasteiger partial charge in [0.2, 0.25) is 0 Å². The summed E-state index contributed by atoms with van der Waals surface area (Å²) in [6.45, 7) is 2.86. The first-order chi connectivity index (χ1) is 8.25. The maximum absolute atomic E-state index is 13.0. The average molecular weight is 233 g/mol. The van der Waals surface area contributed by atoms with Gasteiger partial charge in [0.1, 0.15) is 5.82 Å². The standard InChI is InChI=1S/C13H16FN3/c1-10(11-3-2-4-12(14)7-11)16-6-5-13-8-15-9-17-13/h2-4,7-10,16H,5-6H2,1H3,(H,15,17). The minimum absolute atomic E-state index is 0.147. The Morgan fingerprint density at radius 1 is 1.47 bits per heavy atom. The Kier molecular flexibility index (Phi) is 3.88. The van der Waals surface area contributed by atoms with Crippen LogP contribution in [0.1, 0.15) is 24.2 Å². The molecule has 2 rings (SSSR count). The molecule has 1 heterocycles. The van der Waals surface area contributed by atoms with E-state index in [1.54, 1.807) is 18.5 Å². The summed E-state index contributed by atoms with van der Waals surface area (Å²) >= 11 is 0. The van der Waals surface area contributed by atoms with Crippen LogP contribution in [-0.2, 0) is 6.42 Å². The van der Waals surface area contributed by atoms with Gasteiger partial charge in [-0.05, 0) is 24.6 Å². The minimum Gasteiger partial charge on any atom is -0.348 e. The van der Waals surface area contributed by atoms with Crippen LogP contribution >= 0.6 is 0 Å². The molecule has 0 saturated heterocycles. The van der Waals surface area contributed by atoms with Crippen molar-refractivity contribution >= 4 is 0 Å². The Bertz CT molecular complexity index is 453. The van der Waals surface area contributed by atoms with E-state index in [2.05, 4.69) is 15.3 Å². The highest BCUT2D eigenvalue weighted by Gasteiger charge is 2.05. The highest BCUT2D eigenvalue weighted by molar-refractivity contribution is 5.19. The summed E-state index contributed by atoms with van der Waals surface area (Å²) in [5.74, 6) is -0.190. The van der Waals surface area contributed by atoms with Crippen molar-refractivity contribution in [2.24, 2.45) is 0 Å². The van der Waals surface area contributed by atoms with Gasteiger partial charge in [0.15, 0.2) is 0 Å². The zero-order valence-electron chi connectivity index (χ0n) is 9.78. The van der Waals surface area contributed by atoms with Gasteiger partial charge in [-0.3, -0.25) is 0 Å². The SMILES string of the molecule is CC(NCCc1cnc[nH]1)c1cccc(F)c1. The van der Waals surface area contributed by atoms with Crippen molar-refractivity contribution in [2.45, 2.75) is 19.4 Å². The number of imidazole rings is 1. The highest BCUT2D eigenvalue weighted by Crippen LogP contribution is 2.13. The summed E-state index contributed by atoms with van der Waals surface area (Å²) in [6.07, 6.45) is 4.37. The molecule has 0 aliphatic heterocycles. The van der Waals surface area contributed by atoms with Crippen molar-refractivity contribution in [3.05, 3.63) is 53.9 Å². The van der Waals surface area contributed by atoms with Crippen molar-refractivity contribution in [2.75, 3.05) is 6.54 Å². The smallest absolute Gasteiger partial charge is 0.123 e. The summed E-state index contributed by atoms with van der Waals surface area (Å²) in [4.78, 5) is 7.01. The van der Waals surface area contributed by atoms with E-state index in [1.807, 2.05) is 19.2 Å². The molecule has 17 heavy (non-hydrogen) atoms. The maximum atomic E-state index is 13.0. The number of halogens is 1. The van der Waals surface area contributed by atoms with Crippen molar-refractivity contribution in [1.82, 2.24) is 15.3 Å². The zero-order chi connectivity index (χ0) is 12.1. The Balaban J connectivity index is 1.83. The van der Waals surface area contributed by atoms with Crippen LogP contribution in [0.2, 0.25) is 0 Å². The minimum atomic E-state index is -0.190. The van der Waals surface area contributed by atoms with Crippen LogP contribution in [0.4, 0.5) is 4.39 Å². The number of H-pyrrole nitrogens is 1. The Labute approximate surface area is 100 Å². The van der Waals surface area contributed by atoms with Gasteiger partial charge in [-0.2, -0.15) is 0 Å². The van der Waals surface area contributed by atoms with Gasteiger partial charge < -0.3 is 10.3 Å². The molecule has 0 fully saturated rings. The highest BCUT2D eigenvalue weighted by atomic mass is 19.1. The lowest BCUT2D eigenvalue weighted by Crippen LogP contribution is -2.21. The Morgan fingerprint density at radius 3 is 3.06 bits per heavy atom. The van der Waals surface area contributed by atoms with Crippen LogP contribution in [0, 0.1) is 5.82 Å². The molecule has 1 unspecified atom stereocenters. The summed E-state index contributed by atoms with van der Waals surface area (Å²) in [7, 11) is 0. The molecule has 3 nitrogen and oxygen atoms in total. The number of nitrogens with one attached hydrogen (secondary N) is 2. The predicted octanol–water partition coefficient (Wildman–Crippen LogP) is 2.44. The first kappa shape index (κ1) is 11.8. The fourth-order valence-corrected chi connectivity index (χ4v) is 1.74. The monoisotopic (exact) mass is 233 g/mol. The molecule has 0 aliphatic carbocycles. The summed E-state index contributed by atoms with van der Waals surface area (Å²) < 4.78 is 13.0. The average Bonchev–Trinajstić information content (AvgIpc) is 2.82. The third kappa shape index (κ3) is 3.39. The lowest BCUT2D eigenvalue weighted by molar-refractivity contribution is 0.565. The maximum Gasteiger partial charge on any atom is 0.123 e. The molecule has 1 atom stereocenters. The lowest BCUT2D eigenvalue weighted by atomic mass is 10.1. The third-order valence-corrected chi connectivity index (χ3v) is 2.75. The molecular weight excluding hydrogens is 217 g/mol. The molecule has 0 bridgehead atoms. The predicted molar refractivity (Wildman–Crippen MR) is 65.1 cm³/mol.